The first-order chi connectivity index (χ1) is 13.0. The van der Waals surface area contributed by atoms with Gasteiger partial charge in [0.05, 0.1) is 6.42 Å². The fourth-order valence-corrected chi connectivity index (χ4v) is 5.89. The van der Waals surface area contributed by atoms with Gasteiger partial charge in [0.15, 0.2) is 0 Å². The number of ether oxygens (including phenoxy) is 2. The first-order valence-electron chi connectivity index (χ1n) is 11.0. The number of carbonyl (C=O) groups is 1. The largest absolute Gasteiger partial charge is 0.490 e. The van der Waals surface area contributed by atoms with Crippen molar-refractivity contribution < 1.29 is 14.3 Å². The summed E-state index contributed by atoms with van der Waals surface area (Å²) >= 11 is 0. The lowest BCUT2D eigenvalue weighted by Crippen LogP contribution is -2.50. The van der Waals surface area contributed by atoms with Gasteiger partial charge in [-0.2, -0.15) is 0 Å². The van der Waals surface area contributed by atoms with E-state index < -0.39 is 0 Å². The number of hydrogen-bond acceptors (Lipinski definition) is 3. The Kier molecular flexibility index (Phi) is 5.48. The Morgan fingerprint density at radius 1 is 1.00 bits per heavy atom. The molecular weight excluding hydrogens is 336 g/mol. The molecule has 148 valence electrons. The lowest BCUT2D eigenvalue weighted by Gasteiger charge is -2.53. The van der Waals surface area contributed by atoms with Gasteiger partial charge in [-0.3, -0.25) is 4.79 Å². The molecule has 0 amide bonds. The molecule has 1 aromatic carbocycles. The van der Waals surface area contributed by atoms with Crippen LogP contribution in [0.15, 0.2) is 24.3 Å². The molecule has 2 atom stereocenters. The van der Waals surface area contributed by atoms with Gasteiger partial charge in [0.2, 0.25) is 0 Å². The Labute approximate surface area is 163 Å². The summed E-state index contributed by atoms with van der Waals surface area (Å²) in [4.78, 5) is 12.5. The normalized spacial score (nSPS) is 33.5. The quantitative estimate of drug-likeness (QED) is 0.575. The highest BCUT2D eigenvalue weighted by Crippen LogP contribution is 2.54. The molecule has 0 N–H and O–H groups in total. The van der Waals surface area contributed by atoms with Gasteiger partial charge >= 0.3 is 5.97 Å². The molecule has 4 aliphatic rings. The molecule has 0 aliphatic heterocycles. The fraction of sp³-hybridized carbons (Fsp3) is 0.708. The predicted molar refractivity (Wildman–Crippen MR) is 107 cm³/mol. The van der Waals surface area contributed by atoms with Crippen LogP contribution in [0.5, 0.6) is 5.75 Å². The van der Waals surface area contributed by atoms with Crippen LogP contribution in [0, 0.1) is 23.7 Å². The maximum Gasteiger partial charge on any atom is 0.309 e. The molecule has 5 rings (SSSR count). The molecule has 0 heterocycles. The van der Waals surface area contributed by atoms with Crippen molar-refractivity contribution in [1.29, 1.82) is 0 Å². The zero-order chi connectivity index (χ0) is 19.0. The molecule has 3 heteroatoms. The third-order valence-electron chi connectivity index (χ3n) is 7.26. The summed E-state index contributed by atoms with van der Waals surface area (Å²) in [5.41, 5.74) is 1.33. The van der Waals surface area contributed by atoms with Gasteiger partial charge < -0.3 is 9.47 Å². The minimum absolute atomic E-state index is 0.0869. The van der Waals surface area contributed by atoms with E-state index in [0.717, 1.165) is 24.0 Å². The second-order valence-corrected chi connectivity index (χ2v) is 9.40. The van der Waals surface area contributed by atoms with Gasteiger partial charge in [0.25, 0.3) is 0 Å². The third kappa shape index (κ3) is 4.17. The summed E-state index contributed by atoms with van der Waals surface area (Å²) in [5, 5.41) is 0. The van der Waals surface area contributed by atoms with Gasteiger partial charge in [-0.1, -0.05) is 26.0 Å². The summed E-state index contributed by atoms with van der Waals surface area (Å²) in [7, 11) is 0. The molecule has 0 saturated heterocycles. The van der Waals surface area contributed by atoms with Crippen LogP contribution >= 0.6 is 0 Å². The molecule has 27 heavy (non-hydrogen) atoms. The van der Waals surface area contributed by atoms with E-state index in [-0.39, 0.29) is 18.2 Å². The van der Waals surface area contributed by atoms with Crippen molar-refractivity contribution in [2.45, 2.75) is 83.8 Å². The van der Waals surface area contributed by atoms with Crippen LogP contribution in [0.2, 0.25) is 0 Å². The molecule has 3 nitrogen and oxygen atoms in total. The summed E-state index contributed by atoms with van der Waals surface area (Å²) in [6.45, 7) is 6.39. The number of carbonyl (C=O) groups excluding carboxylic acids is 1. The Bertz CT molecular complexity index is 622. The van der Waals surface area contributed by atoms with Gasteiger partial charge in [0.1, 0.15) is 18.0 Å². The smallest absolute Gasteiger partial charge is 0.309 e. The molecule has 4 aliphatic carbocycles. The molecule has 4 saturated carbocycles. The lowest BCUT2D eigenvalue weighted by atomic mass is 9.55. The van der Waals surface area contributed by atoms with Gasteiger partial charge in [-0.15, -0.1) is 0 Å². The highest BCUT2D eigenvalue weighted by Gasteiger charge is 2.49. The van der Waals surface area contributed by atoms with Gasteiger partial charge in [0, 0.05) is 0 Å². The molecule has 1 aromatic rings. The second-order valence-electron chi connectivity index (χ2n) is 9.40. The molecular formula is C24H34O3. The second kappa shape index (κ2) is 7.85. The van der Waals surface area contributed by atoms with Crippen molar-refractivity contribution in [2.75, 3.05) is 0 Å². The van der Waals surface area contributed by atoms with Crippen LogP contribution in [0.25, 0.3) is 0 Å². The molecule has 4 fully saturated rings. The summed E-state index contributed by atoms with van der Waals surface area (Å²) in [6.07, 6.45) is 8.01. The molecule has 4 bridgehead atoms. The van der Waals surface area contributed by atoms with E-state index in [4.69, 9.17) is 9.47 Å². The topological polar surface area (TPSA) is 35.5 Å². The van der Waals surface area contributed by atoms with E-state index in [0.29, 0.717) is 24.2 Å². The number of hydrogen-bond donors (Lipinski definition) is 0. The minimum atomic E-state index is -0.163. The van der Waals surface area contributed by atoms with Crippen LogP contribution in [0.1, 0.15) is 77.2 Å². The van der Waals surface area contributed by atoms with Crippen molar-refractivity contribution in [3.63, 3.8) is 0 Å². The third-order valence-corrected chi connectivity index (χ3v) is 7.26. The van der Waals surface area contributed by atoms with Crippen LogP contribution in [0.3, 0.4) is 0 Å². The standard InChI is InChI=1S/C24H34O3/c1-4-15(2)19-5-7-22(8-6-19)26-16(3)9-23(25)27-24-20-11-17-10-18(13-20)14-21(24)12-17/h5-8,15-18,20-21,24H,4,9-14H2,1-3H3. The van der Waals surface area contributed by atoms with Gasteiger partial charge in [-0.25, -0.2) is 0 Å². The highest BCUT2D eigenvalue weighted by atomic mass is 16.5. The predicted octanol–water partition coefficient (Wildman–Crippen LogP) is 5.73. The van der Waals surface area contributed by atoms with Gasteiger partial charge in [-0.05, 0) is 92.7 Å². The Morgan fingerprint density at radius 2 is 1.59 bits per heavy atom. The average Bonchev–Trinajstić information content (AvgIpc) is 2.64. The Morgan fingerprint density at radius 3 is 2.15 bits per heavy atom. The average molecular weight is 371 g/mol. The van der Waals surface area contributed by atoms with E-state index >= 15 is 0 Å². The molecule has 0 radical (unpaired) electrons. The minimum Gasteiger partial charge on any atom is -0.490 e. The summed E-state index contributed by atoms with van der Waals surface area (Å²) in [5.74, 6) is 4.36. The maximum atomic E-state index is 12.5. The monoisotopic (exact) mass is 370 g/mol. The molecule has 0 spiro atoms. The van der Waals surface area contributed by atoms with Crippen molar-refractivity contribution >= 4 is 5.97 Å². The van der Waals surface area contributed by atoms with Crippen molar-refractivity contribution in [3.8, 4) is 5.75 Å². The van der Waals surface area contributed by atoms with E-state index in [2.05, 4.69) is 26.0 Å². The van der Waals surface area contributed by atoms with E-state index in [9.17, 15) is 4.79 Å². The Hall–Kier alpha value is -1.51. The highest BCUT2D eigenvalue weighted by molar-refractivity contribution is 5.70. The number of esters is 1. The van der Waals surface area contributed by atoms with Crippen molar-refractivity contribution in [3.05, 3.63) is 29.8 Å². The van der Waals surface area contributed by atoms with Crippen molar-refractivity contribution in [1.82, 2.24) is 0 Å². The zero-order valence-electron chi connectivity index (χ0n) is 17.0. The van der Waals surface area contributed by atoms with E-state index in [1.807, 2.05) is 19.1 Å². The van der Waals surface area contributed by atoms with Crippen LogP contribution in [-0.2, 0) is 9.53 Å². The summed E-state index contributed by atoms with van der Waals surface area (Å²) < 4.78 is 11.9. The molecule has 0 aromatic heterocycles. The van der Waals surface area contributed by atoms with E-state index in [1.54, 1.807) is 0 Å². The Balaban J connectivity index is 1.27. The van der Waals surface area contributed by atoms with Crippen LogP contribution in [-0.4, -0.2) is 18.2 Å². The maximum absolute atomic E-state index is 12.5. The van der Waals surface area contributed by atoms with Crippen LogP contribution in [0.4, 0.5) is 0 Å². The fourth-order valence-electron chi connectivity index (χ4n) is 5.89. The number of rotatable bonds is 7. The lowest BCUT2D eigenvalue weighted by molar-refractivity contribution is -0.172. The molecule has 2 unspecified atom stereocenters. The first kappa shape index (κ1) is 18.8. The zero-order valence-corrected chi connectivity index (χ0v) is 17.0. The van der Waals surface area contributed by atoms with Crippen molar-refractivity contribution in [2.24, 2.45) is 23.7 Å². The SMILES string of the molecule is CCC(C)c1ccc(OC(C)CC(=O)OC2C3CC4CC(C3)CC2C4)cc1. The summed E-state index contributed by atoms with van der Waals surface area (Å²) in [6, 6.07) is 8.29. The van der Waals surface area contributed by atoms with Crippen LogP contribution < -0.4 is 4.74 Å². The van der Waals surface area contributed by atoms with E-state index in [1.165, 1.54) is 37.7 Å². The number of benzene rings is 1. The first-order valence-corrected chi connectivity index (χ1v) is 11.0.